The number of nitrogens with zero attached hydrogens (tertiary/aromatic N) is 1. The van der Waals surface area contributed by atoms with Gasteiger partial charge in [-0.05, 0) is 37.3 Å². The molecule has 2 heterocycles. The van der Waals surface area contributed by atoms with Crippen molar-refractivity contribution >= 4 is 52.1 Å². The molecule has 23 heavy (non-hydrogen) atoms. The Labute approximate surface area is 148 Å². The highest BCUT2D eigenvalue weighted by Gasteiger charge is 2.24. The highest BCUT2D eigenvalue weighted by Crippen LogP contribution is 2.36. The Morgan fingerprint density at radius 1 is 1.22 bits per heavy atom. The number of hydrogen-bond donors (Lipinski definition) is 0. The molecular weight excluding hydrogens is 350 g/mol. The minimum Gasteiger partial charge on any atom is -0.310 e. The van der Waals surface area contributed by atoms with Gasteiger partial charge in [0.15, 0.2) is 5.78 Å². The zero-order valence-electron chi connectivity index (χ0n) is 12.7. The van der Waals surface area contributed by atoms with E-state index in [-0.39, 0.29) is 24.5 Å². The molecule has 120 valence electrons. The van der Waals surface area contributed by atoms with Gasteiger partial charge in [-0.2, -0.15) is 0 Å². The minimum atomic E-state index is -0.0181. The molecule has 0 unspecified atom stereocenters. The lowest BCUT2D eigenvalue weighted by molar-refractivity contribution is -0.118. The SMILES string of the molecule is Cc1ccc(C(=O)CCC(=O)N2CCSc3ccc(Cl)cc32)s1. The average Bonchev–Trinajstić information content (AvgIpc) is 2.98. The predicted molar refractivity (Wildman–Crippen MR) is 97.1 cm³/mol. The fourth-order valence-corrected chi connectivity index (χ4v) is 4.49. The number of ketones is 1. The van der Waals surface area contributed by atoms with Gasteiger partial charge in [0.25, 0.3) is 0 Å². The van der Waals surface area contributed by atoms with Crippen LogP contribution in [0.3, 0.4) is 0 Å². The van der Waals surface area contributed by atoms with Gasteiger partial charge in [-0.15, -0.1) is 23.1 Å². The number of thiophene rings is 1. The molecule has 0 radical (unpaired) electrons. The molecule has 0 N–H and O–H groups in total. The molecule has 0 saturated heterocycles. The number of benzene rings is 1. The summed E-state index contributed by atoms with van der Waals surface area (Å²) in [7, 11) is 0. The van der Waals surface area contributed by atoms with Gasteiger partial charge in [0, 0.05) is 39.9 Å². The summed E-state index contributed by atoms with van der Waals surface area (Å²) < 4.78 is 0. The number of carbonyl (C=O) groups is 2. The van der Waals surface area contributed by atoms with Crippen molar-refractivity contribution in [1.82, 2.24) is 0 Å². The van der Waals surface area contributed by atoms with Gasteiger partial charge in [0.2, 0.25) is 5.91 Å². The van der Waals surface area contributed by atoms with Crippen LogP contribution in [0, 0.1) is 6.92 Å². The van der Waals surface area contributed by atoms with Gasteiger partial charge in [0.1, 0.15) is 0 Å². The maximum atomic E-state index is 12.5. The second kappa shape index (κ2) is 7.07. The van der Waals surface area contributed by atoms with Crippen molar-refractivity contribution in [3.8, 4) is 0 Å². The lowest BCUT2D eigenvalue weighted by Crippen LogP contribution is -2.35. The summed E-state index contributed by atoms with van der Waals surface area (Å²) in [6.45, 7) is 2.63. The van der Waals surface area contributed by atoms with Crippen molar-refractivity contribution in [2.24, 2.45) is 0 Å². The lowest BCUT2D eigenvalue weighted by atomic mass is 10.1. The predicted octanol–water partition coefficient (Wildman–Crippen LogP) is 4.81. The van der Waals surface area contributed by atoms with Crippen LogP contribution in [0.15, 0.2) is 35.2 Å². The number of thioether (sulfide) groups is 1. The normalized spacial score (nSPS) is 13.7. The Kier molecular flexibility index (Phi) is 5.09. The maximum Gasteiger partial charge on any atom is 0.227 e. The maximum absolute atomic E-state index is 12.5. The van der Waals surface area contributed by atoms with Gasteiger partial charge in [-0.1, -0.05) is 11.6 Å². The quantitative estimate of drug-likeness (QED) is 0.729. The van der Waals surface area contributed by atoms with Crippen molar-refractivity contribution in [2.75, 3.05) is 17.2 Å². The number of rotatable bonds is 4. The third-order valence-corrected chi connectivity index (χ3v) is 5.99. The van der Waals surface area contributed by atoms with Crippen molar-refractivity contribution in [3.63, 3.8) is 0 Å². The monoisotopic (exact) mass is 365 g/mol. The lowest BCUT2D eigenvalue weighted by Gasteiger charge is -2.29. The molecule has 3 rings (SSSR count). The fraction of sp³-hybridized carbons (Fsp3) is 0.294. The second-order valence-corrected chi connectivity index (χ2v) is 8.20. The Hall–Kier alpha value is -1.30. The first kappa shape index (κ1) is 16.6. The summed E-state index contributed by atoms with van der Waals surface area (Å²) in [6, 6.07) is 9.37. The number of amides is 1. The summed E-state index contributed by atoms with van der Waals surface area (Å²) in [6.07, 6.45) is 0.477. The summed E-state index contributed by atoms with van der Waals surface area (Å²) in [4.78, 5) is 29.4. The van der Waals surface area contributed by atoms with Gasteiger partial charge < -0.3 is 4.90 Å². The standard InChI is InChI=1S/C17H16ClNO2S2/c1-11-2-5-16(23-11)14(20)4-7-17(21)19-8-9-22-15-6-3-12(18)10-13(15)19/h2-3,5-6,10H,4,7-9H2,1H3. The first-order valence-corrected chi connectivity index (χ1v) is 9.55. The largest absolute Gasteiger partial charge is 0.310 e. The molecule has 1 aromatic heterocycles. The number of hydrogen-bond acceptors (Lipinski definition) is 4. The summed E-state index contributed by atoms with van der Waals surface area (Å²) >= 11 is 9.26. The fourth-order valence-electron chi connectivity index (χ4n) is 2.51. The van der Waals surface area contributed by atoms with E-state index in [1.165, 1.54) is 11.3 Å². The molecule has 1 amide bonds. The molecule has 6 heteroatoms. The number of halogens is 1. The Bertz CT molecular complexity index is 757. The number of carbonyl (C=O) groups excluding carboxylic acids is 2. The molecule has 0 aliphatic carbocycles. The topological polar surface area (TPSA) is 37.4 Å². The van der Waals surface area contributed by atoms with E-state index in [4.69, 9.17) is 11.6 Å². The first-order chi connectivity index (χ1) is 11.0. The molecule has 0 bridgehead atoms. The van der Waals surface area contributed by atoms with Gasteiger partial charge in [-0.25, -0.2) is 0 Å². The number of fused-ring (bicyclic) bond motifs is 1. The average molecular weight is 366 g/mol. The van der Waals surface area contributed by atoms with Crippen molar-refractivity contribution in [1.29, 1.82) is 0 Å². The third kappa shape index (κ3) is 3.79. The van der Waals surface area contributed by atoms with E-state index >= 15 is 0 Å². The smallest absolute Gasteiger partial charge is 0.227 e. The van der Waals surface area contributed by atoms with Crippen LogP contribution in [0.1, 0.15) is 27.4 Å². The number of aryl methyl sites for hydroxylation is 1. The molecule has 0 atom stereocenters. The van der Waals surface area contributed by atoms with Crippen LogP contribution in [-0.2, 0) is 4.79 Å². The van der Waals surface area contributed by atoms with E-state index in [0.29, 0.717) is 11.6 Å². The first-order valence-electron chi connectivity index (χ1n) is 7.37. The molecule has 3 nitrogen and oxygen atoms in total. The minimum absolute atomic E-state index is 0.0181. The Morgan fingerprint density at radius 2 is 2.04 bits per heavy atom. The van der Waals surface area contributed by atoms with E-state index in [2.05, 4.69) is 0 Å². The molecule has 1 aliphatic rings. The van der Waals surface area contributed by atoms with Crippen LogP contribution in [0.2, 0.25) is 5.02 Å². The van der Waals surface area contributed by atoms with Crippen LogP contribution < -0.4 is 4.90 Å². The molecule has 2 aromatic rings. The number of Topliss-reactive ketones (excluding diaryl/α,β-unsaturated/α-hetero) is 1. The van der Waals surface area contributed by atoms with E-state index < -0.39 is 0 Å². The molecule has 1 aliphatic heterocycles. The van der Waals surface area contributed by atoms with Crippen LogP contribution in [0.25, 0.3) is 0 Å². The zero-order chi connectivity index (χ0) is 16.4. The number of anilines is 1. The van der Waals surface area contributed by atoms with Gasteiger partial charge >= 0.3 is 0 Å². The Morgan fingerprint density at radius 3 is 2.78 bits per heavy atom. The summed E-state index contributed by atoms with van der Waals surface area (Å²) in [5.74, 6) is 0.878. The van der Waals surface area contributed by atoms with Crippen LogP contribution in [0.4, 0.5) is 5.69 Å². The molecule has 0 spiro atoms. The second-order valence-electron chi connectivity index (χ2n) is 5.34. The zero-order valence-corrected chi connectivity index (χ0v) is 15.1. The van der Waals surface area contributed by atoms with E-state index in [0.717, 1.165) is 26.1 Å². The van der Waals surface area contributed by atoms with Crippen LogP contribution in [0.5, 0.6) is 0 Å². The molecule has 0 saturated carbocycles. The van der Waals surface area contributed by atoms with Crippen molar-refractivity contribution < 1.29 is 9.59 Å². The van der Waals surface area contributed by atoms with Crippen LogP contribution in [-0.4, -0.2) is 24.0 Å². The summed E-state index contributed by atoms with van der Waals surface area (Å²) in [5.41, 5.74) is 0.859. The molecule has 1 aromatic carbocycles. The summed E-state index contributed by atoms with van der Waals surface area (Å²) in [5, 5.41) is 0.620. The van der Waals surface area contributed by atoms with E-state index in [1.54, 1.807) is 16.7 Å². The molecule has 0 fully saturated rings. The molecular formula is C17H16ClNO2S2. The third-order valence-electron chi connectivity index (χ3n) is 3.67. The van der Waals surface area contributed by atoms with Gasteiger partial charge in [0.05, 0.1) is 10.6 Å². The van der Waals surface area contributed by atoms with Crippen LogP contribution >= 0.6 is 34.7 Å². The van der Waals surface area contributed by atoms with Crippen molar-refractivity contribution in [3.05, 3.63) is 45.1 Å². The highest BCUT2D eigenvalue weighted by atomic mass is 35.5. The highest BCUT2D eigenvalue weighted by molar-refractivity contribution is 7.99. The van der Waals surface area contributed by atoms with Crippen molar-refractivity contribution in [2.45, 2.75) is 24.7 Å². The van der Waals surface area contributed by atoms with Gasteiger partial charge in [-0.3, -0.25) is 9.59 Å². The van der Waals surface area contributed by atoms with E-state index in [9.17, 15) is 9.59 Å². The Balaban J connectivity index is 1.68. The van der Waals surface area contributed by atoms with E-state index in [1.807, 2.05) is 37.3 Å².